The van der Waals surface area contributed by atoms with Crippen molar-refractivity contribution in [3.05, 3.63) is 101 Å². The third kappa shape index (κ3) is 7.24. The molecule has 4 aromatic rings. The molecule has 0 amide bonds. The normalized spacial score (nSPS) is 10.6. The highest BCUT2D eigenvalue weighted by Gasteiger charge is 2.17. The van der Waals surface area contributed by atoms with Crippen LogP contribution in [-0.2, 0) is 7.05 Å². The third-order valence-corrected chi connectivity index (χ3v) is 7.07. The van der Waals surface area contributed by atoms with Crippen LogP contribution in [-0.4, -0.2) is 27.7 Å². The fourth-order valence-corrected chi connectivity index (χ4v) is 4.49. The molecule has 194 valence electrons. The first kappa shape index (κ1) is 29.4. The lowest BCUT2D eigenvalue weighted by molar-refractivity contribution is -0.662. The van der Waals surface area contributed by atoms with Gasteiger partial charge in [-0.25, -0.2) is 0 Å². The van der Waals surface area contributed by atoms with Crippen molar-refractivity contribution in [1.29, 1.82) is 5.26 Å². The van der Waals surface area contributed by atoms with Crippen LogP contribution in [0.15, 0.2) is 89.4 Å². The third-order valence-electron chi connectivity index (χ3n) is 6.54. The van der Waals surface area contributed by atoms with Gasteiger partial charge in [-0.15, -0.1) is 0 Å². The molecule has 0 fully saturated rings. The maximum absolute atomic E-state index is 8.90. The number of nitriles is 1. The first-order valence-electron chi connectivity index (χ1n) is 12.3. The van der Waals surface area contributed by atoms with Crippen molar-refractivity contribution in [2.75, 3.05) is 37.5 Å². The number of aromatic nitrogens is 1. The van der Waals surface area contributed by atoms with E-state index in [1.165, 1.54) is 5.69 Å². The Morgan fingerprint density at radius 1 is 0.789 bits per heavy atom. The summed E-state index contributed by atoms with van der Waals surface area (Å²) in [5.74, 6) is 0. The monoisotopic (exact) mass is 678 g/mol. The summed E-state index contributed by atoms with van der Waals surface area (Å²) in [5, 5.41) is 8.90. The molecule has 0 saturated carbocycles. The van der Waals surface area contributed by atoms with Gasteiger partial charge in [-0.05, 0) is 71.3 Å². The van der Waals surface area contributed by atoms with Crippen molar-refractivity contribution in [2.45, 2.75) is 6.42 Å². The zero-order valence-electron chi connectivity index (χ0n) is 22.2. The van der Waals surface area contributed by atoms with E-state index in [0.29, 0.717) is 6.42 Å². The Kier molecular flexibility index (Phi) is 10.5. The van der Waals surface area contributed by atoms with Crippen LogP contribution < -0.4 is 38.3 Å². The second kappa shape index (κ2) is 13.6. The van der Waals surface area contributed by atoms with Crippen LogP contribution >= 0.6 is 15.9 Å². The molecule has 4 nitrogen and oxygen atoms in total. The van der Waals surface area contributed by atoms with Crippen molar-refractivity contribution < 1.29 is 28.5 Å². The highest BCUT2D eigenvalue weighted by atomic mass is 127. The number of anilines is 2. The standard InChI is InChI=1S/C32H32BrN4.HI/c1-35(2)29-15-6-24(7-16-29)8-17-31-22-27(23-32(37(31)4)26-9-13-28(33)14-10-26)25-11-18-30(19-12-25)36(3)21-5-20-34;/h6-19,22-23H,5,21H2,1-4H3;1H/q+1;/p-1. The number of pyridine rings is 1. The Morgan fingerprint density at radius 3 is 2.00 bits per heavy atom. The summed E-state index contributed by atoms with van der Waals surface area (Å²) in [6, 6.07) is 32.3. The molecule has 0 radical (unpaired) electrons. The molecule has 0 aliphatic carbocycles. The van der Waals surface area contributed by atoms with Gasteiger partial charge in [0, 0.05) is 67.3 Å². The molecule has 6 heteroatoms. The Balaban J connectivity index is 0.00000400. The maximum Gasteiger partial charge on any atom is 0.213 e. The first-order chi connectivity index (χ1) is 17.9. The number of nitrogens with zero attached hydrogens (tertiary/aromatic N) is 4. The largest absolute Gasteiger partial charge is 1.00 e. The molecule has 0 atom stereocenters. The van der Waals surface area contributed by atoms with Gasteiger partial charge in [0.25, 0.3) is 0 Å². The second-order valence-electron chi connectivity index (χ2n) is 9.32. The molecule has 1 aromatic heterocycles. The van der Waals surface area contributed by atoms with Gasteiger partial charge >= 0.3 is 0 Å². The highest BCUT2D eigenvalue weighted by molar-refractivity contribution is 9.10. The minimum absolute atomic E-state index is 0. The van der Waals surface area contributed by atoms with Crippen molar-refractivity contribution >= 4 is 39.5 Å². The number of hydrogen-bond acceptors (Lipinski definition) is 3. The molecule has 0 N–H and O–H groups in total. The van der Waals surface area contributed by atoms with Crippen LogP contribution in [0.3, 0.4) is 0 Å². The van der Waals surface area contributed by atoms with E-state index >= 15 is 0 Å². The topological polar surface area (TPSA) is 34.1 Å². The lowest BCUT2D eigenvalue weighted by atomic mass is 10.0. The Labute approximate surface area is 252 Å². The van der Waals surface area contributed by atoms with Gasteiger partial charge in [-0.1, -0.05) is 40.2 Å². The van der Waals surface area contributed by atoms with E-state index in [4.69, 9.17) is 5.26 Å². The minimum atomic E-state index is 0. The molecule has 0 unspecified atom stereocenters. The molecular weight excluding hydrogens is 647 g/mol. The summed E-state index contributed by atoms with van der Waals surface area (Å²) >= 11 is 3.56. The SMILES string of the molecule is CN(C)c1ccc(/C=C/c2cc(-c3ccc(N(C)CCC#N)cc3)cc(-c3ccc(Br)cc3)[n+]2C)cc1.[I-]. The van der Waals surface area contributed by atoms with E-state index in [1.807, 2.05) is 7.05 Å². The van der Waals surface area contributed by atoms with Crippen LogP contribution in [0.25, 0.3) is 34.5 Å². The number of rotatable bonds is 8. The summed E-state index contributed by atoms with van der Waals surface area (Å²) < 4.78 is 3.30. The number of hydrogen-bond donors (Lipinski definition) is 0. The van der Waals surface area contributed by atoms with Crippen LogP contribution in [0.2, 0.25) is 0 Å². The molecule has 0 bridgehead atoms. The quantitative estimate of drug-likeness (QED) is 0.207. The van der Waals surface area contributed by atoms with Gasteiger partial charge in [0.2, 0.25) is 11.4 Å². The molecular formula is C32H32BrIN4. The summed E-state index contributed by atoms with van der Waals surface area (Å²) in [5.41, 5.74) is 9.17. The fourth-order valence-electron chi connectivity index (χ4n) is 4.23. The minimum Gasteiger partial charge on any atom is -1.00 e. The van der Waals surface area contributed by atoms with Crippen molar-refractivity contribution in [3.8, 4) is 28.5 Å². The molecule has 4 rings (SSSR count). The van der Waals surface area contributed by atoms with Crippen LogP contribution in [0.1, 0.15) is 17.7 Å². The number of benzene rings is 3. The van der Waals surface area contributed by atoms with Crippen LogP contribution in [0.4, 0.5) is 11.4 Å². The maximum atomic E-state index is 8.90. The lowest BCUT2D eigenvalue weighted by Crippen LogP contribution is -3.00. The predicted molar refractivity (Wildman–Crippen MR) is 159 cm³/mol. The van der Waals surface area contributed by atoms with E-state index in [1.54, 1.807) is 0 Å². The van der Waals surface area contributed by atoms with Gasteiger partial charge < -0.3 is 33.8 Å². The Hall–Kier alpha value is -3.15. The smallest absolute Gasteiger partial charge is 0.213 e. The zero-order valence-corrected chi connectivity index (χ0v) is 25.9. The first-order valence-corrected chi connectivity index (χ1v) is 13.1. The van der Waals surface area contributed by atoms with E-state index in [0.717, 1.165) is 50.3 Å². The van der Waals surface area contributed by atoms with Gasteiger partial charge in [0.15, 0.2) is 0 Å². The second-order valence-corrected chi connectivity index (χ2v) is 10.2. The average molecular weight is 679 g/mol. The van der Waals surface area contributed by atoms with Crippen molar-refractivity contribution in [1.82, 2.24) is 0 Å². The number of halogens is 2. The summed E-state index contributed by atoms with van der Waals surface area (Å²) in [6.07, 6.45) is 4.86. The van der Waals surface area contributed by atoms with E-state index < -0.39 is 0 Å². The van der Waals surface area contributed by atoms with Gasteiger partial charge in [0.05, 0.1) is 12.5 Å². The molecule has 38 heavy (non-hydrogen) atoms. The van der Waals surface area contributed by atoms with Crippen molar-refractivity contribution in [3.63, 3.8) is 0 Å². The Morgan fingerprint density at radius 2 is 1.39 bits per heavy atom. The summed E-state index contributed by atoms with van der Waals surface area (Å²) in [4.78, 5) is 4.22. The highest BCUT2D eigenvalue weighted by Crippen LogP contribution is 2.28. The average Bonchev–Trinajstić information content (AvgIpc) is 2.92. The van der Waals surface area contributed by atoms with Crippen LogP contribution in [0.5, 0.6) is 0 Å². The summed E-state index contributed by atoms with van der Waals surface area (Å²) in [6.45, 7) is 0.717. The molecule has 0 aliphatic rings. The predicted octanol–water partition coefficient (Wildman–Crippen LogP) is 4.20. The van der Waals surface area contributed by atoms with E-state index in [9.17, 15) is 0 Å². The zero-order chi connectivity index (χ0) is 26.4. The van der Waals surface area contributed by atoms with Gasteiger partial charge in [-0.2, -0.15) is 9.83 Å². The molecule has 3 aromatic carbocycles. The van der Waals surface area contributed by atoms with E-state index in [-0.39, 0.29) is 24.0 Å². The fraction of sp³-hybridized carbons (Fsp3) is 0.188. The van der Waals surface area contributed by atoms with Gasteiger partial charge in [-0.3, -0.25) is 0 Å². The Bertz CT molecular complexity index is 1420. The molecule has 1 heterocycles. The van der Waals surface area contributed by atoms with Crippen molar-refractivity contribution in [2.24, 2.45) is 7.05 Å². The van der Waals surface area contributed by atoms with E-state index in [2.05, 4.69) is 155 Å². The molecule has 0 spiro atoms. The van der Waals surface area contributed by atoms with Gasteiger partial charge in [0.1, 0.15) is 7.05 Å². The lowest BCUT2D eigenvalue weighted by Gasteiger charge is -2.18. The summed E-state index contributed by atoms with van der Waals surface area (Å²) in [7, 11) is 8.24. The van der Waals surface area contributed by atoms with Crippen LogP contribution in [0, 0.1) is 11.3 Å². The molecule has 0 aliphatic heterocycles. The molecule has 0 saturated heterocycles.